The van der Waals surface area contributed by atoms with Crippen molar-refractivity contribution in [2.45, 2.75) is 59.4 Å². The molecule has 1 aromatic heterocycles. The van der Waals surface area contributed by atoms with Gasteiger partial charge in [0.05, 0.1) is 22.3 Å². The number of carbonyl (C=O) groups is 1. The van der Waals surface area contributed by atoms with Crippen molar-refractivity contribution in [1.82, 2.24) is 9.78 Å². The minimum atomic E-state index is -0.101. The Hall–Kier alpha value is -0.640. The zero-order valence-electron chi connectivity index (χ0n) is 11.4. The van der Waals surface area contributed by atoms with Gasteiger partial charge in [-0.1, -0.05) is 19.8 Å². The molecule has 0 radical (unpaired) electrons. The molecule has 1 aliphatic rings. The van der Waals surface area contributed by atoms with Gasteiger partial charge < -0.3 is 0 Å². The predicted octanol–water partition coefficient (Wildman–Crippen LogP) is 3.67. The third-order valence-corrected chi connectivity index (χ3v) is 5.19. The van der Waals surface area contributed by atoms with Crippen molar-refractivity contribution in [3.05, 3.63) is 15.9 Å². The number of Topliss-reactive ketones (excluding diaryl/α,β-unsaturated/α-hetero) is 1. The highest BCUT2D eigenvalue weighted by atomic mass is 79.9. The summed E-state index contributed by atoms with van der Waals surface area (Å²) in [5.74, 6) is 0.371. The summed E-state index contributed by atoms with van der Waals surface area (Å²) in [7, 11) is 0. The number of hydrogen-bond acceptors (Lipinski definition) is 2. The highest BCUT2D eigenvalue weighted by Crippen LogP contribution is 2.39. The molecule has 18 heavy (non-hydrogen) atoms. The lowest BCUT2D eigenvalue weighted by Gasteiger charge is -2.21. The summed E-state index contributed by atoms with van der Waals surface area (Å²) in [6.45, 7) is 6.97. The van der Waals surface area contributed by atoms with Gasteiger partial charge in [0.1, 0.15) is 5.78 Å². The highest BCUT2D eigenvalue weighted by molar-refractivity contribution is 9.10. The third-order valence-electron chi connectivity index (χ3n) is 4.16. The minimum Gasteiger partial charge on any atom is -0.299 e. The van der Waals surface area contributed by atoms with Crippen LogP contribution in [-0.2, 0) is 17.8 Å². The Bertz CT molecular complexity index is 459. The number of hydrogen-bond donors (Lipinski definition) is 0. The molecule has 3 nitrogen and oxygen atoms in total. The van der Waals surface area contributed by atoms with Crippen LogP contribution in [-0.4, -0.2) is 15.6 Å². The predicted molar refractivity (Wildman–Crippen MR) is 75.6 cm³/mol. The number of nitrogens with zero attached hydrogens (tertiary/aromatic N) is 2. The van der Waals surface area contributed by atoms with Crippen molar-refractivity contribution in [3.63, 3.8) is 0 Å². The summed E-state index contributed by atoms with van der Waals surface area (Å²) in [5, 5.41) is 4.45. The molecule has 0 aromatic carbocycles. The first kappa shape index (κ1) is 13.8. The second kappa shape index (κ2) is 5.16. The van der Waals surface area contributed by atoms with E-state index in [1.165, 1.54) is 12.8 Å². The molecule has 1 heterocycles. The first-order chi connectivity index (χ1) is 8.48. The zero-order chi connectivity index (χ0) is 13.3. The smallest absolute Gasteiger partial charge is 0.144 e. The number of halogens is 1. The summed E-state index contributed by atoms with van der Waals surface area (Å²) in [6, 6.07) is 0. The van der Waals surface area contributed by atoms with Crippen LogP contribution in [0.3, 0.4) is 0 Å². The van der Waals surface area contributed by atoms with Crippen molar-refractivity contribution in [2.24, 2.45) is 5.41 Å². The van der Waals surface area contributed by atoms with Gasteiger partial charge in [0.25, 0.3) is 0 Å². The molecular formula is C14H21BrN2O. The fraction of sp³-hybridized carbons (Fsp3) is 0.714. The van der Waals surface area contributed by atoms with E-state index in [0.29, 0.717) is 12.2 Å². The van der Waals surface area contributed by atoms with Gasteiger partial charge in [0, 0.05) is 12.0 Å². The molecule has 1 aromatic rings. The molecule has 1 aliphatic carbocycles. The monoisotopic (exact) mass is 312 g/mol. The fourth-order valence-electron chi connectivity index (χ4n) is 2.84. The van der Waals surface area contributed by atoms with Crippen LogP contribution in [0.2, 0.25) is 0 Å². The van der Waals surface area contributed by atoms with E-state index in [9.17, 15) is 4.79 Å². The van der Waals surface area contributed by atoms with Crippen molar-refractivity contribution < 1.29 is 4.79 Å². The maximum Gasteiger partial charge on any atom is 0.144 e. The molecule has 1 fully saturated rings. The Morgan fingerprint density at radius 1 is 1.44 bits per heavy atom. The number of carbonyl (C=O) groups excluding carboxylic acids is 1. The van der Waals surface area contributed by atoms with Crippen LogP contribution >= 0.6 is 15.9 Å². The standard InChI is InChI=1S/C14H21BrN2O/c1-4-17-11(13(15)10(2)16-17)9-12(18)14(3)7-5-6-8-14/h4-9H2,1-3H3. The summed E-state index contributed by atoms with van der Waals surface area (Å²) >= 11 is 3.56. The number of aryl methyl sites for hydroxylation is 2. The van der Waals surface area contributed by atoms with Crippen LogP contribution in [0.4, 0.5) is 0 Å². The van der Waals surface area contributed by atoms with Gasteiger partial charge in [-0.25, -0.2) is 0 Å². The molecule has 100 valence electrons. The molecule has 1 saturated carbocycles. The van der Waals surface area contributed by atoms with E-state index in [0.717, 1.165) is 35.2 Å². The average Bonchev–Trinajstić information content (AvgIpc) is 2.89. The van der Waals surface area contributed by atoms with Crippen LogP contribution in [0.5, 0.6) is 0 Å². The number of ketones is 1. The van der Waals surface area contributed by atoms with Crippen LogP contribution < -0.4 is 0 Å². The van der Waals surface area contributed by atoms with Gasteiger partial charge in [-0.2, -0.15) is 5.10 Å². The van der Waals surface area contributed by atoms with E-state index in [4.69, 9.17) is 0 Å². The van der Waals surface area contributed by atoms with Crippen LogP contribution in [0, 0.1) is 12.3 Å². The lowest BCUT2D eigenvalue weighted by molar-refractivity contribution is -0.127. The Labute approximate surface area is 117 Å². The van der Waals surface area contributed by atoms with Gasteiger partial charge in [-0.05, 0) is 42.6 Å². The maximum atomic E-state index is 12.5. The lowest BCUT2D eigenvalue weighted by Crippen LogP contribution is -2.27. The quantitative estimate of drug-likeness (QED) is 0.850. The number of aromatic nitrogens is 2. The highest BCUT2D eigenvalue weighted by Gasteiger charge is 2.36. The molecule has 4 heteroatoms. The first-order valence-corrected chi connectivity index (χ1v) is 7.52. The van der Waals surface area contributed by atoms with E-state index in [-0.39, 0.29) is 5.41 Å². The molecule has 0 amide bonds. The first-order valence-electron chi connectivity index (χ1n) is 6.73. The van der Waals surface area contributed by atoms with E-state index < -0.39 is 0 Å². The van der Waals surface area contributed by atoms with Crippen LogP contribution in [0.1, 0.15) is 50.9 Å². The van der Waals surface area contributed by atoms with Crippen molar-refractivity contribution in [3.8, 4) is 0 Å². The van der Waals surface area contributed by atoms with E-state index in [2.05, 4.69) is 34.9 Å². The van der Waals surface area contributed by atoms with Gasteiger partial charge in [0.15, 0.2) is 0 Å². The van der Waals surface area contributed by atoms with Crippen molar-refractivity contribution >= 4 is 21.7 Å². The Morgan fingerprint density at radius 2 is 2.06 bits per heavy atom. The van der Waals surface area contributed by atoms with E-state index in [1.54, 1.807) is 0 Å². The third kappa shape index (κ3) is 2.40. The molecule has 0 N–H and O–H groups in total. The largest absolute Gasteiger partial charge is 0.299 e. The van der Waals surface area contributed by atoms with Crippen molar-refractivity contribution in [2.75, 3.05) is 0 Å². The SMILES string of the molecule is CCn1nc(C)c(Br)c1CC(=O)C1(C)CCCC1. The molecule has 0 aliphatic heterocycles. The van der Waals surface area contributed by atoms with Crippen LogP contribution in [0.25, 0.3) is 0 Å². The summed E-state index contributed by atoms with van der Waals surface area (Å²) in [5.41, 5.74) is 1.90. The van der Waals surface area contributed by atoms with Crippen LogP contribution in [0.15, 0.2) is 4.47 Å². The van der Waals surface area contributed by atoms with Gasteiger partial charge in [0.2, 0.25) is 0 Å². The zero-order valence-corrected chi connectivity index (χ0v) is 13.0. The average molecular weight is 313 g/mol. The summed E-state index contributed by atoms with van der Waals surface area (Å²) in [4.78, 5) is 12.5. The molecule has 0 unspecified atom stereocenters. The molecule has 0 spiro atoms. The maximum absolute atomic E-state index is 12.5. The molecule has 2 rings (SSSR count). The summed E-state index contributed by atoms with van der Waals surface area (Å²) in [6.07, 6.45) is 4.97. The summed E-state index contributed by atoms with van der Waals surface area (Å²) < 4.78 is 2.94. The van der Waals surface area contributed by atoms with Gasteiger partial charge in [-0.3, -0.25) is 9.48 Å². The second-order valence-corrected chi connectivity index (χ2v) is 6.32. The Morgan fingerprint density at radius 3 is 2.61 bits per heavy atom. The van der Waals surface area contributed by atoms with Crippen molar-refractivity contribution in [1.29, 1.82) is 0 Å². The molecular weight excluding hydrogens is 292 g/mol. The topological polar surface area (TPSA) is 34.9 Å². The van der Waals surface area contributed by atoms with Gasteiger partial charge in [-0.15, -0.1) is 0 Å². The number of rotatable bonds is 4. The Kier molecular flexibility index (Phi) is 3.95. The van der Waals surface area contributed by atoms with E-state index >= 15 is 0 Å². The normalized spacial score (nSPS) is 18.2. The molecule has 0 saturated heterocycles. The minimum absolute atomic E-state index is 0.101. The Balaban J connectivity index is 2.21. The molecule has 0 bridgehead atoms. The fourth-order valence-corrected chi connectivity index (χ4v) is 3.26. The lowest BCUT2D eigenvalue weighted by atomic mass is 9.82. The second-order valence-electron chi connectivity index (χ2n) is 5.53. The molecule has 0 atom stereocenters. The van der Waals surface area contributed by atoms with E-state index in [1.807, 2.05) is 11.6 Å². The van der Waals surface area contributed by atoms with Gasteiger partial charge >= 0.3 is 0 Å².